The zero-order valence-electron chi connectivity index (χ0n) is 8.45. The molecule has 3 heteroatoms. The molecule has 0 fully saturated rings. The van der Waals surface area contributed by atoms with Crippen LogP contribution in [0.2, 0.25) is 0 Å². The Hall–Kier alpha value is -0.800. The lowest BCUT2D eigenvalue weighted by atomic mass is 9.83. The highest BCUT2D eigenvalue weighted by Gasteiger charge is 2.36. The largest absolute Gasteiger partial charge is 0.469 e. The maximum atomic E-state index is 10.4. The Morgan fingerprint density at radius 2 is 2.50 bits per heavy atom. The van der Waals surface area contributed by atoms with Crippen molar-refractivity contribution in [1.29, 1.82) is 0 Å². The van der Waals surface area contributed by atoms with Gasteiger partial charge in [0.1, 0.15) is 11.4 Å². The second kappa shape index (κ2) is 3.75. The molecule has 1 aliphatic carbocycles. The van der Waals surface area contributed by atoms with E-state index in [0.29, 0.717) is 13.2 Å². The van der Waals surface area contributed by atoms with Gasteiger partial charge in [0.05, 0.1) is 12.9 Å². The highest BCUT2D eigenvalue weighted by Crippen LogP contribution is 2.36. The molecular weight excluding hydrogens is 180 g/mol. The summed E-state index contributed by atoms with van der Waals surface area (Å²) in [5.74, 6) is 0.915. The van der Waals surface area contributed by atoms with Gasteiger partial charge in [-0.2, -0.15) is 0 Å². The first-order valence-corrected chi connectivity index (χ1v) is 5.13. The van der Waals surface area contributed by atoms with Crippen molar-refractivity contribution in [1.82, 2.24) is 0 Å². The molecule has 0 aromatic carbocycles. The van der Waals surface area contributed by atoms with E-state index in [4.69, 9.17) is 9.15 Å². The number of fused-ring (bicyclic) bond motifs is 1. The highest BCUT2D eigenvalue weighted by molar-refractivity contribution is 5.27. The number of aryl methyl sites for hydroxylation is 1. The van der Waals surface area contributed by atoms with E-state index in [1.165, 1.54) is 0 Å². The first-order valence-electron chi connectivity index (χ1n) is 5.13. The molecule has 3 nitrogen and oxygen atoms in total. The Morgan fingerprint density at radius 3 is 3.29 bits per heavy atom. The number of hydrogen-bond acceptors (Lipinski definition) is 3. The van der Waals surface area contributed by atoms with Gasteiger partial charge in [-0.05, 0) is 25.8 Å². The van der Waals surface area contributed by atoms with Crippen LogP contribution < -0.4 is 0 Å². The monoisotopic (exact) mass is 196 g/mol. The van der Waals surface area contributed by atoms with Gasteiger partial charge in [0.25, 0.3) is 0 Å². The third kappa shape index (κ3) is 1.57. The molecule has 1 aromatic heterocycles. The molecule has 0 aliphatic heterocycles. The third-order valence-corrected chi connectivity index (χ3v) is 2.79. The molecule has 0 saturated carbocycles. The van der Waals surface area contributed by atoms with E-state index < -0.39 is 5.60 Å². The summed E-state index contributed by atoms with van der Waals surface area (Å²) in [6.07, 6.45) is 4.30. The number of aliphatic hydroxyl groups is 1. The Bertz CT molecular complexity index is 305. The predicted molar refractivity (Wildman–Crippen MR) is 52.0 cm³/mol. The predicted octanol–water partition coefficient (Wildman–Crippen LogP) is 1.84. The normalized spacial score (nSPS) is 26.1. The Morgan fingerprint density at radius 1 is 1.64 bits per heavy atom. The van der Waals surface area contributed by atoms with Gasteiger partial charge in [-0.3, -0.25) is 0 Å². The maximum Gasteiger partial charge on any atom is 0.116 e. The molecule has 1 atom stereocenters. The van der Waals surface area contributed by atoms with Crippen molar-refractivity contribution in [3.8, 4) is 0 Å². The topological polar surface area (TPSA) is 42.6 Å². The fourth-order valence-electron chi connectivity index (χ4n) is 2.05. The number of furan rings is 1. The van der Waals surface area contributed by atoms with Crippen molar-refractivity contribution >= 4 is 0 Å². The standard InChI is InChI=1S/C11H16O3/c1-2-13-8-11(12)6-3-4-10-9(11)5-7-14-10/h5,7,12H,2-4,6,8H2,1H3. The zero-order chi connectivity index (χ0) is 10.0. The van der Waals surface area contributed by atoms with Crippen molar-refractivity contribution in [3.05, 3.63) is 23.7 Å². The second-order valence-electron chi connectivity index (χ2n) is 3.78. The molecular formula is C11H16O3. The van der Waals surface area contributed by atoms with Crippen LogP contribution in [-0.2, 0) is 16.8 Å². The van der Waals surface area contributed by atoms with Crippen LogP contribution in [0.4, 0.5) is 0 Å². The molecule has 0 saturated heterocycles. The fourth-order valence-corrected chi connectivity index (χ4v) is 2.05. The van der Waals surface area contributed by atoms with Crippen molar-refractivity contribution in [3.63, 3.8) is 0 Å². The number of ether oxygens (including phenoxy) is 1. The lowest BCUT2D eigenvalue weighted by Gasteiger charge is -2.31. The lowest BCUT2D eigenvalue weighted by molar-refractivity contribution is -0.0602. The van der Waals surface area contributed by atoms with Crippen LogP contribution >= 0.6 is 0 Å². The van der Waals surface area contributed by atoms with Gasteiger partial charge >= 0.3 is 0 Å². The molecule has 1 aromatic rings. The van der Waals surface area contributed by atoms with E-state index in [2.05, 4.69) is 0 Å². The van der Waals surface area contributed by atoms with Crippen LogP contribution in [0.15, 0.2) is 16.7 Å². The van der Waals surface area contributed by atoms with Crippen molar-refractivity contribution in [2.24, 2.45) is 0 Å². The quantitative estimate of drug-likeness (QED) is 0.802. The molecule has 1 unspecified atom stereocenters. The Kier molecular flexibility index (Phi) is 2.61. The van der Waals surface area contributed by atoms with E-state index in [-0.39, 0.29) is 0 Å². The summed E-state index contributed by atoms with van der Waals surface area (Å²) in [6.45, 7) is 2.94. The number of rotatable bonds is 3. The molecule has 0 spiro atoms. The van der Waals surface area contributed by atoms with E-state index in [1.807, 2.05) is 13.0 Å². The van der Waals surface area contributed by atoms with E-state index in [0.717, 1.165) is 30.6 Å². The van der Waals surface area contributed by atoms with E-state index in [9.17, 15) is 5.11 Å². The average molecular weight is 196 g/mol. The molecule has 0 radical (unpaired) electrons. The lowest BCUT2D eigenvalue weighted by Crippen LogP contribution is -2.34. The minimum atomic E-state index is -0.823. The van der Waals surface area contributed by atoms with Crippen LogP contribution in [0.1, 0.15) is 31.1 Å². The Balaban J connectivity index is 2.21. The van der Waals surface area contributed by atoms with Gasteiger partial charge in [0, 0.05) is 18.6 Å². The third-order valence-electron chi connectivity index (χ3n) is 2.79. The van der Waals surface area contributed by atoms with Gasteiger partial charge < -0.3 is 14.3 Å². The first kappa shape index (κ1) is 9.74. The fraction of sp³-hybridized carbons (Fsp3) is 0.636. The van der Waals surface area contributed by atoms with Gasteiger partial charge in [-0.15, -0.1) is 0 Å². The second-order valence-corrected chi connectivity index (χ2v) is 3.78. The molecule has 1 heterocycles. The Labute approximate surface area is 83.7 Å². The molecule has 2 rings (SSSR count). The van der Waals surface area contributed by atoms with Crippen LogP contribution in [0.5, 0.6) is 0 Å². The molecule has 78 valence electrons. The zero-order valence-corrected chi connectivity index (χ0v) is 8.45. The summed E-state index contributed by atoms with van der Waals surface area (Å²) in [7, 11) is 0. The molecule has 0 bridgehead atoms. The van der Waals surface area contributed by atoms with Crippen LogP contribution in [0, 0.1) is 0 Å². The highest BCUT2D eigenvalue weighted by atomic mass is 16.5. The van der Waals surface area contributed by atoms with Gasteiger partial charge in [0.2, 0.25) is 0 Å². The van der Waals surface area contributed by atoms with E-state index in [1.54, 1.807) is 6.26 Å². The smallest absolute Gasteiger partial charge is 0.116 e. The summed E-state index contributed by atoms with van der Waals surface area (Å²) in [4.78, 5) is 0. The van der Waals surface area contributed by atoms with Crippen LogP contribution in [-0.4, -0.2) is 18.3 Å². The summed E-state index contributed by atoms with van der Waals surface area (Å²) in [5.41, 5.74) is 0.0913. The van der Waals surface area contributed by atoms with Crippen LogP contribution in [0.25, 0.3) is 0 Å². The minimum Gasteiger partial charge on any atom is -0.469 e. The van der Waals surface area contributed by atoms with Crippen LogP contribution in [0.3, 0.4) is 0 Å². The van der Waals surface area contributed by atoms with Crippen molar-refractivity contribution < 1.29 is 14.3 Å². The summed E-state index contributed by atoms with van der Waals surface area (Å²) in [6, 6.07) is 1.85. The summed E-state index contributed by atoms with van der Waals surface area (Å²) in [5, 5.41) is 10.4. The van der Waals surface area contributed by atoms with Gasteiger partial charge in [-0.25, -0.2) is 0 Å². The first-order chi connectivity index (χ1) is 6.76. The summed E-state index contributed by atoms with van der Waals surface area (Å²) >= 11 is 0. The van der Waals surface area contributed by atoms with Gasteiger partial charge in [0.15, 0.2) is 0 Å². The minimum absolute atomic E-state index is 0.371. The molecule has 0 amide bonds. The van der Waals surface area contributed by atoms with E-state index >= 15 is 0 Å². The van der Waals surface area contributed by atoms with Crippen molar-refractivity contribution in [2.45, 2.75) is 31.8 Å². The molecule has 1 N–H and O–H groups in total. The maximum absolute atomic E-state index is 10.4. The number of hydrogen-bond donors (Lipinski definition) is 1. The molecule has 1 aliphatic rings. The van der Waals surface area contributed by atoms with Gasteiger partial charge in [-0.1, -0.05) is 0 Å². The average Bonchev–Trinajstić information content (AvgIpc) is 2.65. The SMILES string of the molecule is CCOCC1(O)CCCc2occc21. The summed E-state index contributed by atoms with van der Waals surface area (Å²) < 4.78 is 10.6. The van der Waals surface area contributed by atoms with Crippen molar-refractivity contribution in [2.75, 3.05) is 13.2 Å². The molecule has 14 heavy (non-hydrogen) atoms.